The number of amides is 3. The SMILES string of the molecule is CN(C)C(=O)Cl.CN(C)C(=O)N1CCC(O)(Cn2cnc3c(cnn3-c3cccc(Br)c3)c2=O)CC1.O=c1c2cnn(-c3cccc(Br)c3)c2ncn1CC1(O)CCNCC1. The minimum atomic E-state index is -1.07. The van der Waals surface area contributed by atoms with E-state index in [1.807, 2.05) is 48.5 Å². The molecule has 8 rings (SSSR count). The minimum absolute atomic E-state index is 0.0720. The maximum absolute atomic E-state index is 13.0. The molecule has 0 unspecified atom stereocenters. The van der Waals surface area contributed by atoms with Gasteiger partial charge in [0.1, 0.15) is 23.4 Å². The first-order chi connectivity index (χ1) is 29.0. The minimum Gasteiger partial charge on any atom is -0.388 e. The van der Waals surface area contributed by atoms with Crippen LogP contribution in [0.2, 0.25) is 0 Å². The summed E-state index contributed by atoms with van der Waals surface area (Å²) in [4.78, 5) is 61.1. The van der Waals surface area contributed by atoms with Crippen LogP contribution in [0.15, 0.2) is 92.1 Å². The molecule has 0 spiro atoms. The maximum Gasteiger partial charge on any atom is 0.319 e. The lowest BCUT2D eigenvalue weighted by Crippen LogP contribution is -2.51. The topological polar surface area (TPSA) is 202 Å². The molecule has 2 saturated heterocycles. The van der Waals surface area contributed by atoms with Crippen LogP contribution in [0, 0.1) is 0 Å². The Morgan fingerprint density at radius 1 is 0.738 bits per heavy atom. The van der Waals surface area contributed by atoms with Crippen LogP contribution in [0.3, 0.4) is 0 Å². The van der Waals surface area contributed by atoms with Gasteiger partial charge < -0.3 is 30.2 Å². The molecule has 6 aromatic rings. The zero-order valence-corrected chi connectivity index (χ0v) is 38.0. The van der Waals surface area contributed by atoms with Crippen LogP contribution >= 0.6 is 43.5 Å². The van der Waals surface area contributed by atoms with E-state index < -0.39 is 16.6 Å². The van der Waals surface area contributed by atoms with Gasteiger partial charge in [0.2, 0.25) is 0 Å². The molecule has 2 aliphatic heterocycles. The first-order valence-electron chi connectivity index (χ1n) is 19.3. The number of nitrogens with zero attached hydrogens (tertiary/aromatic N) is 11. The first kappa shape index (κ1) is 45.5. The second-order valence-corrected chi connectivity index (χ2v) is 17.6. The predicted octanol–water partition coefficient (Wildman–Crippen LogP) is 4.22. The van der Waals surface area contributed by atoms with Gasteiger partial charge in [-0.05, 0) is 86.8 Å². The summed E-state index contributed by atoms with van der Waals surface area (Å²) in [5.74, 6) is 0. The third-order valence-corrected chi connectivity index (χ3v) is 11.7. The van der Waals surface area contributed by atoms with Crippen LogP contribution in [0.1, 0.15) is 25.7 Å². The Balaban J connectivity index is 0.000000182. The molecule has 0 radical (unpaired) electrons. The summed E-state index contributed by atoms with van der Waals surface area (Å²) in [5, 5.41) is 34.0. The number of benzene rings is 2. The van der Waals surface area contributed by atoms with Gasteiger partial charge >= 0.3 is 11.4 Å². The van der Waals surface area contributed by atoms with Crippen molar-refractivity contribution in [3.05, 3.63) is 103 Å². The Bertz CT molecular complexity index is 2630. The Labute approximate surface area is 372 Å². The summed E-state index contributed by atoms with van der Waals surface area (Å²) in [7, 11) is 6.60. The lowest BCUT2D eigenvalue weighted by molar-refractivity contribution is -0.0282. The molecule has 4 aromatic heterocycles. The van der Waals surface area contributed by atoms with Crippen molar-refractivity contribution in [3.8, 4) is 11.4 Å². The first-order valence-corrected chi connectivity index (χ1v) is 21.3. The van der Waals surface area contributed by atoms with Gasteiger partial charge in [0.15, 0.2) is 11.3 Å². The van der Waals surface area contributed by atoms with Gasteiger partial charge in [-0.25, -0.2) is 24.1 Å². The van der Waals surface area contributed by atoms with E-state index in [-0.39, 0.29) is 30.2 Å². The van der Waals surface area contributed by atoms with E-state index in [9.17, 15) is 29.4 Å². The highest BCUT2D eigenvalue weighted by Crippen LogP contribution is 2.26. The molecule has 0 aliphatic carbocycles. The highest BCUT2D eigenvalue weighted by atomic mass is 79.9. The number of likely N-dealkylation sites (tertiary alicyclic amines) is 1. The zero-order valence-electron chi connectivity index (χ0n) is 34.1. The Morgan fingerprint density at radius 2 is 1.16 bits per heavy atom. The molecule has 0 atom stereocenters. The molecule has 0 bridgehead atoms. The molecule has 324 valence electrons. The number of hydrogen-bond acceptors (Lipinski definition) is 11. The van der Waals surface area contributed by atoms with Gasteiger partial charge in [0, 0.05) is 50.2 Å². The number of nitrogens with one attached hydrogen (secondary N) is 1. The smallest absolute Gasteiger partial charge is 0.319 e. The summed E-state index contributed by atoms with van der Waals surface area (Å²) in [6.45, 7) is 2.76. The van der Waals surface area contributed by atoms with Crippen molar-refractivity contribution in [2.75, 3.05) is 54.4 Å². The van der Waals surface area contributed by atoms with E-state index in [1.165, 1.54) is 44.0 Å². The van der Waals surface area contributed by atoms with E-state index in [0.29, 0.717) is 60.8 Å². The third kappa shape index (κ3) is 10.9. The van der Waals surface area contributed by atoms with E-state index >= 15 is 0 Å². The zero-order chi connectivity index (χ0) is 44.1. The number of urea groups is 1. The fourth-order valence-electron chi connectivity index (χ4n) is 6.96. The number of carbonyl (C=O) groups excluding carboxylic acids is 2. The molecule has 2 fully saturated rings. The lowest BCUT2D eigenvalue weighted by Gasteiger charge is -2.39. The van der Waals surface area contributed by atoms with Crippen LogP contribution in [0.4, 0.5) is 9.59 Å². The monoisotopic (exact) mass is 984 g/mol. The fourth-order valence-corrected chi connectivity index (χ4v) is 7.73. The highest BCUT2D eigenvalue weighted by Gasteiger charge is 2.35. The number of carbonyl (C=O) groups is 2. The highest BCUT2D eigenvalue weighted by molar-refractivity contribution is 9.10. The number of fused-ring (bicyclic) bond motifs is 2. The number of aliphatic hydroxyl groups is 2. The summed E-state index contributed by atoms with van der Waals surface area (Å²) in [6.07, 6.45) is 8.03. The van der Waals surface area contributed by atoms with Gasteiger partial charge in [-0.2, -0.15) is 10.2 Å². The largest absolute Gasteiger partial charge is 0.388 e. The second kappa shape index (κ2) is 19.4. The maximum atomic E-state index is 13.0. The van der Waals surface area contributed by atoms with E-state index in [0.717, 1.165) is 33.4 Å². The second-order valence-electron chi connectivity index (χ2n) is 15.4. The van der Waals surface area contributed by atoms with Crippen LogP contribution in [0.5, 0.6) is 0 Å². The lowest BCUT2D eigenvalue weighted by atomic mass is 9.91. The summed E-state index contributed by atoms with van der Waals surface area (Å²) in [5.41, 5.74) is 0.225. The van der Waals surface area contributed by atoms with Crippen molar-refractivity contribution in [1.29, 1.82) is 0 Å². The van der Waals surface area contributed by atoms with Crippen LogP contribution < -0.4 is 16.4 Å². The molecule has 21 heteroatoms. The van der Waals surface area contributed by atoms with Gasteiger partial charge in [-0.3, -0.25) is 23.5 Å². The number of aromatic nitrogens is 8. The molecule has 6 heterocycles. The molecule has 2 aromatic carbocycles. The van der Waals surface area contributed by atoms with Crippen molar-refractivity contribution in [1.82, 2.24) is 58.7 Å². The fraction of sp³-hybridized carbons (Fsp3) is 0.400. The average Bonchev–Trinajstić information content (AvgIpc) is 3.87. The normalized spacial score (nSPS) is 15.7. The van der Waals surface area contributed by atoms with Crippen LogP contribution in [-0.4, -0.2) is 141 Å². The molecular formula is C40H47Br2ClN12O6. The number of hydrogen-bond donors (Lipinski definition) is 3. The van der Waals surface area contributed by atoms with Crippen molar-refractivity contribution in [3.63, 3.8) is 0 Å². The van der Waals surface area contributed by atoms with Crippen molar-refractivity contribution >= 4 is 76.9 Å². The number of piperidine rings is 2. The van der Waals surface area contributed by atoms with E-state index in [4.69, 9.17) is 11.6 Å². The van der Waals surface area contributed by atoms with Crippen LogP contribution in [0.25, 0.3) is 33.4 Å². The molecule has 18 nitrogen and oxygen atoms in total. The molecule has 61 heavy (non-hydrogen) atoms. The summed E-state index contributed by atoms with van der Waals surface area (Å²) in [6, 6.07) is 15.2. The van der Waals surface area contributed by atoms with Crippen LogP contribution in [-0.2, 0) is 13.1 Å². The summed E-state index contributed by atoms with van der Waals surface area (Å²) >= 11 is 11.8. The van der Waals surface area contributed by atoms with Crippen molar-refractivity contribution in [2.24, 2.45) is 0 Å². The quantitative estimate of drug-likeness (QED) is 0.159. The molecule has 3 amide bonds. The van der Waals surface area contributed by atoms with E-state index in [2.05, 4.69) is 57.3 Å². The Morgan fingerprint density at radius 3 is 1.56 bits per heavy atom. The van der Waals surface area contributed by atoms with Crippen molar-refractivity contribution < 1.29 is 19.8 Å². The number of rotatable bonds is 6. The molecule has 3 N–H and O–H groups in total. The van der Waals surface area contributed by atoms with Crippen molar-refractivity contribution in [2.45, 2.75) is 50.0 Å². The van der Waals surface area contributed by atoms with Gasteiger partial charge in [0.05, 0.1) is 48.1 Å². The van der Waals surface area contributed by atoms with E-state index in [1.54, 1.807) is 42.5 Å². The third-order valence-electron chi connectivity index (χ3n) is 10.4. The number of halogens is 3. The standard InChI is InChI=1S/C20H23BrN6O3.C17H18BrN5O2.C3H6ClNO/c1-24(2)19(29)25-8-6-20(30,7-9-25)12-26-13-22-17-16(18(26)28)11-23-27(17)15-5-3-4-14(21)10-15;18-12-2-1-3-13(8-12)23-15-14(9-21-23)16(24)22(11-20-15)10-17(25)4-6-19-7-5-17;1-5(2)3(4)6/h3-5,10-11,13,30H,6-9,12H2,1-2H3;1-3,8-9,11,19,25H,4-7,10H2;1-2H3. The molecular weight excluding hydrogens is 940 g/mol. The average molecular weight is 987 g/mol. The Hall–Kier alpha value is -4.99. The molecule has 2 aliphatic rings. The predicted molar refractivity (Wildman–Crippen MR) is 238 cm³/mol. The van der Waals surface area contributed by atoms with Gasteiger partial charge in [0.25, 0.3) is 11.1 Å². The summed E-state index contributed by atoms with van der Waals surface area (Å²) < 4.78 is 8.00. The molecule has 0 saturated carbocycles. The Kier molecular flexibility index (Phi) is 14.5. The van der Waals surface area contributed by atoms with Gasteiger partial charge in [-0.1, -0.05) is 44.0 Å². The van der Waals surface area contributed by atoms with Gasteiger partial charge in [-0.15, -0.1) is 0 Å².